The molecule has 0 radical (unpaired) electrons. The highest BCUT2D eigenvalue weighted by Gasteiger charge is 2.31. The van der Waals surface area contributed by atoms with Crippen LogP contribution in [0, 0.1) is 5.92 Å². The highest BCUT2D eigenvalue weighted by molar-refractivity contribution is 9.10. The second kappa shape index (κ2) is 9.58. The summed E-state index contributed by atoms with van der Waals surface area (Å²) in [5, 5.41) is 2.94. The number of carbonyl (C=O) groups is 1. The lowest BCUT2D eigenvalue weighted by molar-refractivity contribution is -0.126. The summed E-state index contributed by atoms with van der Waals surface area (Å²) < 4.78 is 39.4. The molecule has 0 aromatic heterocycles. The topological polar surface area (TPSA) is 84.9 Å². The Balaban J connectivity index is 1.24. The van der Waals surface area contributed by atoms with Gasteiger partial charge in [-0.15, -0.1) is 0 Å². The number of rotatable bonds is 6. The van der Waals surface area contributed by atoms with Crippen LogP contribution < -0.4 is 14.8 Å². The second-order valence-electron chi connectivity index (χ2n) is 7.80. The van der Waals surface area contributed by atoms with Crippen LogP contribution in [0.4, 0.5) is 0 Å². The van der Waals surface area contributed by atoms with Crippen molar-refractivity contribution >= 4 is 31.9 Å². The number of halogens is 1. The molecule has 4 rings (SSSR count). The molecule has 9 heteroatoms. The van der Waals surface area contributed by atoms with Crippen LogP contribution in [0.1, 0.15) is 18.4 Å². The molecule has 0 bridgehead atoms. The fourth-order valence-corrected chi connectivity index (χ4v) is 5.63. The van der Waals surface area contributed by atoms with Gasteiger partial charge in [-0.05, 0) is 42.7 Å². The predicted molar refractivity (Wildman–Crippen MR) is 120 cm³/mol. The Morgan fingerprint density at radius 1 is 1.06 bits per heavy atom. The SMILES string of the molecule is O=C(NCC1COc2ccccc2O1)C1CCN(S(=O)(=O)Cc2ccc(Br)cc2)CC1. The van der Waals surface area contributed by atoms with E-state index in [9.17, 15) is 13.2 Å². The summed E-state index contributed by atoms with van der Waals surface area (Å²) >= 11 is 3.35. The van der Waals surface area contributed by atoms with Crippen LogP contribution in [-0.4, -0.2) is 51.0 Å². The van der Waals surface area contributed by atoms with Gasteiger partial charge in [0.15, 0.2) is 11.5 Å². The summed E-state index contributed by atoms with van der Waals surface area (Å²) in [5.74, 6) is 1.10. The van der Waals surface area contributed by atoms with Crippen molar-refractivity contribution in [1.29, 1.82) is 0 Å². The number of nitrogens with zero attached hydrogens (tertiary/aromatic N) is 1. The number of sulfonamides is 1. The number of nitrogens with one attached hydrogen (secondary N) is 1. The number of amides is 1. The van der Waals surface area contributed by atoms with Crippen LogP contribution in [0.5, 0.6) is 11.5 Å². The predicted octanol–water partition coefficient (Wildman–Crippen LogP) is 2.95. The van der Waals surface area contributed by atoms with Gasteiger partial charge in [0.05, 0.1) is 12.3 Å². The molecule has 2 aromatic carbocycles. The van der Waals surface area contributed by atoms with Crippen molar-refractivity contribution in [1.82, 2.24) is 9.62 Å². The number of ether oxygens (including phenoxy) is 2. The molecular formula is C22H25BrN2O5S. The highest BCUT2D eigenvalue weighted by Crippen LogP contribution is 2.30. The van der Waals surface area contributed by atoms with Crippen LogP contribution in [0.3, 0.4) is 0 Å². The van der Waals surface area contributed by atoms with Gasteiger partial charge in [0.25, 0.3) is 0 Å². The first kappa shape index (κ1) is 22.1. The number of fused-ring (bicyclic) bond motifs is 1. The van der Waals surface area contributed by atoms with E-state index in [0.29, 0.717) is 50.6 Å². The first-order valence-corrected chi connectivity index (χ1v) is 12.7. The van der Waals surface area contributed by atoms with Crippen molar-refractivity contribution in [2.24, 2.45) is 5.92 Å². The van der Waals surface area contributed by atoms with E-state index in [4.69, 9.17) is 9.47 Å². The third-order valence-electron chi connectivity index (χ3n) is 5.55. The summed E-state index contributed by atoms with van der Waals surface area (Å²) in [4.78, 5) is 12.6. The molecule has 2 heterocycles. The molecule has 1 fully saturated rings. The van der Waals surface area contributed by atoms with Crippen molar-refractivity contribution < 1.29 is 22.7 Å². The summed E-state index contributed by atoms with van der Waals surface area (Å²) in [6.07, 6.45) is 0.775. The van der Waals surface area contributed by atoms with Crippen LogP contribution in [0.2, 0.25) is 0 Å². The zero-order valence-electron chi connectivity index (χ0n) is 17.0. The summed E-state index contributed by atoms with van der Waals surface area (Å²) in [5.41, 5.74) is 0.749. The normalized spacial score (nSPS) is 19.7. The zero-order chi connectivity index (χ0) is 21.8. The zero-order valence-corrected chi connectivity index (χ0v) is 19.4. The van der Waals surface area contributed by atoms with Crippen LogP contribution in [0.25, 0.3) is 0 Å². The fourth-order valence-electron chi connectivity index (χ4n) is 3.80. The number of carbonyl (C=O) groups excluding carboxylic acids is 1. The molecule has 1 saturated heterocycles. The first-order valence-electron chi connectivity index (χ1n) is 10.3. The molecule has 2 aliphatic rings. The number of hydrogen-bond donors (Lipinski definition) is 1. The Morgan fingerprint density at radius 3 is 2.45 bits per heavy atom. The van der Waals surface area contributed by atoms with Crippen molar-refractivity contribution in [2.45, 2.75) is 24.7 Å². The molecule has 0 saturated carbocycles. The van der Waals surface area contributed by atoms with Crippen LogP contribution in [-0.2, 0) is 20.6 Å². The Kier molecular flexibility index (Phi) is 6.83. The average Bonchev–Trinajstić information content (AvgIpc) is 2.79. The Hall–Kier alpha value is -2.10. The maximum Gasteiger partial charge on any atom is 0.223 e. The van der Waals surface area contributed by atoms with Crippen molar-refractivity contribution in [3.63, 3.8) is 0 Å². The van der Waals surface area contributed by atoms with Gasteiger partial charge in [-0.25, -0.2) is 12.7 Å². The molecule has 166 valence electrons. The Morgan fingerprint density at radius 2 is 1.74 bits per heavy atom. The Labute approximate surface area is 190 Å². The average molecular weight is 509 g/mol. The molecule has 1 atom stereocenters. The molecule has 0 aliphatic carbocycles. The molecule has 1 N–H and O–H groups in total. The monoisotopic (exact) mass is 508 g/mol. The van der Waals surface area contributed by atoms with Gasteiger partial charge < -0.3 is 14.8 Å². The molecule has 7 nitrogen and oxygen atoms in total. The van der Waals surface area contributed by atoms with E-state index < -0.39 is 10.0 Å². The van der Waals surface area contributed by atoms with Gasteiger partial charge in [0.1, 0.15) is 12.7 Å². The molecular weight excluding hydrogens is 484 g/mol. The number of hydrogen-bond acceptors (Lipinski definition) is 5. The first-order chi connectivity index (χ1) is 14.9. The van der Waals surface area contributed by atoms with E-state index in [0.717, 1.165) is 10.0 Å². The van der Waals surface area contributed by atoms with E-state index in [2.05, 4.69) is 21.2 Å². The van der Waals surface area contributed by atoms with Gasteiger partial charge in [-0.3, -0.25) is 4.79 Å². The minimum Gasteiger partial charge on any atom is -0.486 e. The number of benzene rings is 2. The number of piperidine rings is 1. The maximum atomic E-state index is 12.7. The Bertz CT molecular complexity index is 1020. The molecule has 1 unspecified atom stereocenters. The summed E-state index contributed by atoms with van der Waals surface area (Å²) in [7, 11) is -3.41. The van der Waals surface area contributed by atoms with Gasteiger partial charge >= 0.3 is 0 Å². The van der Waals surface area contributed by atoms with Crippen molar-refractivity contribution in [2.75, 3.05) is 26.2 Å². The second-order valence-corrected chi connectivity index (χ2v) is 10.7. The van der Waals surface area contributed by atoms with Gasteiger partial charge in [-0.2, -0.15) is 0 Å². The molecule has 31 heavy (non-hydrogen) atoms. The third-order valence-corrected chi connectivity index (χ3v) is 7.93. The minimum absolute atomic E-state index is 0.0301. The van der Waals surface area contributed by atoms with E-state index in [-0.39, 0.29) is 23.7 Å². The largest absolute Gasteiger partial charge is 0.486 e. The molecule has 0 spiro atoms. The van der Waals surface area contributed by atoms with E-state index in [1.165, 1.54) is 4.31 Å². The lowest BCUT2D eigenvalue weighted by atomic mass is 9.97. The minimum atomic E-state index is -3.41. The summed E-state index contributed by atoms with van der Waals surface area (Å²) in [6, 6.07) is 14.7. The van der Waals surface area contributed by atoms with Crippen molar-refractivity contribution in [3.05, 3.63) is 58.6 Å². The van der Waals surface area contributed by atoms with Gasteiger partial charge in [-0.1, -0.05) is 40.2 Å². The van der Waals surface area contributed by atoms with Crippen LogP contribution in [0.15, 0.2) is 53.0 Å². The van der Waals surface area contributed by atoms with E-state index in [1.807, 2.05) is 36.4 Å². The van der Waals surface area contributed by atoms with Gasteiger partial charge in [0.2, 0.25) is 15.9 Å². The molecule has 2 aliphatic heterocycles. The smallest absolute Gasteiger partial charge is 0.223 e. The maximum absolute atomic E-state index is 12.7. The standard InChI is InChI=1S/C22H25BrN2O5S/c23-18-7-5-16(6-8-18)15-31(27,28)25-11-9-17(10-12-25)22(26)24-13-19-14-29-20-3-1-2-4-21(20)30-19/h1-8,17,19H,9-15H2,(H,24,26). The summed E-state index contributed by atoms with van der Waals surface area (Å²) in [6.45, 7) is 1.44. The molecule has 2 aromatic rings. The lowest BCUT2D eigenvalue weighted by Crippen LogP contribution is -2.46. The van der Waals surface area contributed by atoms with Gasteiger partial charge in [0, 0.05) is 23.5 Å². The molecule has 1 amide bonds. The third kappa shape index (κ3) is 5.58. The lowest BCUT2D eigenvalue weighted by Gasteiger charge is -2.31. The highest BCUT2D eigenvalue weighted by atomic mass is 79.9. The van der Waals surface area contributed by atoms with Crippen molar-refractivity contribution in [3.8, 4) is 11.5 Å². The van der Waals surface area contributed by atoms with Crippen LogP contribution >= 0.6 is 15.9 Å². The fraction of sp³-hybridized carbons (Fsp3) is 0.409. The van der Waals surface area contributed by atoms with E-state index >= 15 is 0 Å². The van der Waals surface area contributed by atoms with E-state index in [1.54, 1.807) is 12.1 Å². The number of para-hydroxylation sites is 2. The quantitative estimate of drug-likeness (QED) is 0.648.